The number of aliphatic hydroxyl groups excluding tert-OH is 1. The lowest BCUT2D eigenvalue weighted by Gasteiger charge is -2.36. The van der Waals surface area contributed by atoms with Crippen LogP contribution in [0.2, 0.25) is 0 Å². The Kier molecular flexibility index (Phi) is 11.2. The Morgan fingerprint density at radius 2 is 1.82 bits per heavy atom. The van der Waals surface area contributed by atoms with Crippen molar-refractivity contribution in [2.24, 2.45) is 5.92 Å². The lowest BCUT2D eigenvalue weighted by molar-refractivity contribution is -0.0149. The number of amides is 2. The fourth-order valence-electron chi connectivity index (χ4n) is 4.81. The maximum Gasteiger partial charge on any atom is 0.258 e. The van der Waals surface area contributed by atoms with Gasteiger partial charge >= 0.3 is 0 Å². The van der Waals surface area contributed by atoms with Crippen molar-refractivity contribution in [3.05, 3.63) is 59.7 Å². The molecule has 1 heterocycles. The van der Waals surface area contributed by atoms with Crippen LogP contribution in [0.15, 0.2) is 48.5 Å². The fourth-order valence-corrected chi connectivity index (χ4v) is 4.81. The smallest absolute Gasteiger partial charge is 0.258 e. The summed E-state index contributed by atoms with van der Waals surface area (Å²) in [5.41, 5.74) is 2.00. The van der Waals surface area contributed by atoms with E-state index in [9.17, 15) is 14.7 Å². The number of hydrogen-bond donors (Lipinski definition) is 1. The minimum absolute atomic E-state index is 0.0708. The molecule has 8 heteroatoms. The normalized spacial score (nSPS) is 21.8. The summed E-state index contributed by atoms with van der Waals surface area (Å²) in [5, 5.41) is 10.1. The summed E-state index contributed by atoms with van der Waals surface area (Å²) in [6.07, 6.45) is 2.27. The molecule has 2 aromatic rings. The summed E-state index contributed by atoms with van der Waals surface area (Å²) >= 11 is 0. The predicted octanol–water partition coefficient (Wildman–Crippen LogP) is 4.32. The predicted molar refractivity (Wildman–Crippen MR) is 155 cm³/mol. The molecule has 0 saturated heterocycles. The van der Waals surface area contributed by atoms with E-state index in [2.05, 4.69) is 0 Å². The van der Waals surface area contributed by atoms with Crippen molar-refractivity contribution in [2.45, 2.75) is 58.3 Å². The zero-order valence-corrected chi connectivity index (χ0v) is 24.3. The summed E-state index contributed by atoms with van der Waals surface area (Å²) in [5.74, 6) is 0.189. The van der Waals surface area contributed by atoms with E-state index in [4.69, 9.17) is 9.47 Å². The van der Waals surface area contributed by atoms with Gasteiger partial charge in [-0.05, 0) is 63.4 Å². The molecule has 1 N–H and O–H groups in total. The first kappa shape index (κ1) is 30.4. The minimum atomic E-state index is -0.412. The van der Waals surface area contributed by atoms with E-state index in [0.29, 0.717) is 36.6 Å². The summed E-state index contributed by atoms with van der Waals surface area (Å²) in [6.45, 7) is 7.04. The average Bonchev–Trinajstić information content (AvgIpc) is 2.93. The molecule has 8 nitrogen and oxygen atoms in total. The fraction of sp³-hybridized carbons (Fsp3) is 0.548. The van der Waals surface area contributed by atoms with Crippen LogP contribution in [0.5, 0.6) is 5.75 Å². The van der Waals surface area contributed by atoms with Gasteiger partial charge in [0.15, 0.2) is 0 Å². The number of carbonyl (C=O) groups is 2. The first-order valence-corrected chi connectivity index (χ1v) is 13.9. The van der Waals surface area contributed by atoms with E-state index in [-0.39, 0.29) is 36.5 Å². The molecule has 0 unspecified atom stereocenters. The van der Waals surface area contributed by atoms with Crippen molar-refractivity contribution in [1.29, 1.82) is 0 Å². The van der Waals surface area contributed by atoms with Crippen LogP contribution < -0.4 is 9.64 Å². The van der Waals surface area contributed by atoms with Crippen molar-refractivity contribution in [3.8, 4) is 5.75 Å². The third kappa shape index (κ3) is 8.19. The maximum absolute atomic E-state index is 14.1. The second-order valence-corrected chi connectivity index (χ2v) is 10.9. The summed E-state index contributed by atoms with van der Waals surface area (Å²) in [4.78, 5) is 32.5. The number of aliphatic hydroxyl groups is 1. The number of likely N-dealkylation sites (N-methyl/N-ethyl adjacent to an activating group) is 1. The molecule has 1 aliphatic heterocycles. The third-order valence-corrected chi connectivity index (χ3v) is 7.37. The van der Waals surface area contributed by atoms with Crippen LogP contribution in [0, 0.1) is 5.92 Å². The van der Waals surface area contributed by atoms with Gasteiger partial charge in [0.25, 0.3) is 11.8 Å². The monoisotopic (exact) mass is 539 g/mol. The van der Waals surface area contributed by atoms with Crippen molar-refractivity contribution in [3.63, 3.8) is 0 Å². The van der Waals surface area contributed by atoms with Gasteiger partial charge in [-0.1, -0.05) is 25.1 Å². The molecule has 2 amide bonds. The molecule has 0 spiro atoms. The first-order valence-electron chi connectivity index (χ1n) is 13.9. The highest BCUT2D eigenvalue weighted by Gasteiger charge is 2.31. The van der Waals surface area contributed by atoms with E-state index in [1.165, 1.54) is 0 Å². The van der Waals surface area contributed by atoms with Crippen LogP contribution in [0.3, 0.4) is 0 Å². The number of hydrogen-bond acceptors (Lipinski definition) is 6. The number of ether oxygens (including phenoxy) is 2. The van der Waals surface area contributed by atoms with Gasteiger partial charge in [0, 0.05) is 58.0 Å². The van der Waals surface area contributed by atoms with E-state index in [1.807, 2.05) is 88.3 Å². The van der Waals surface area contributed by atoms with E-state index >= 15 is 0 Å². The molecule has 4 atom stereocenters. The number of carbonyl (C=O) groups excluding carboxylic acids is 2. The number of rotatable bonds is 6. The lowest BCUT2D eigenvalue weighted by atomic mass is 10.0. The van der Waals surface area contributed by atoms with Gasteiger partial charge in [-0.3, -0.25) is 9.59 Å². The molecular weight excluding hydrogens is 494 g/mol. The molecule has 3 rings (SSSR count). The van der Waals surface area contributed by atoms with Crippen LogP contribution in [0.1, 0.15) is 60.7 Å². The van der Waals surface area contributed by atoms with Crippen LogP contribution >= 0.6 is 0 Å². The van der Waals surface area contributed by atoms with Crippen LogP contribution in [-0.2, 0) is 4.74 Å². The molecule has 214 valence electrons. The summed E-state index contributed by atoms with van der Waals surface area (Å²) < 4.78 is 12.6. The summed E-state index contributed by atoms with van der Waals surface area (Å²) in [6, 6.07) is 14.5. The quantitative estimate of drug-likeness (QED) is 0.589. The van der Waals surface area contributed by atoms with Crippen molar-refractivity contribution < 1.29 is 24.2 Å². The van der Waals surface area contributed by atoms with Gasteiger partial charge in [0.1, 0.15) is 5.75 Å². The number of anilines is 1. The van der Waals surface area contributed by atoms with Crippen LogP contribution in [0.25, 0.3) is 0 Å². The zero-order valence-electron chi connectivity index (χ0n) is 24.3. The molecule has 0 aromatic heterocycles. The Labute approximate surface area is 233 Å². The van der Waals surface area contributed by atoms with Gasteiger partial charge in [-0.25, -0.2) is 0 Å². The molecular formula is C31H45N3O5. The van der Waals surface area contributed by atoms with Gasteiger partial charge in [-0.2, -0.15) is 0 Å². The molecule has 2 aromatic carbocycles. The van der Waals surface area contributed by atoms with Crippen LogP contribution in [0.4, 0.5) is 5.69 Å². The maximum atomic E-state index is 14.1. The number of benzene rings is 2. The lowest BCUT2D eigenvalue weighted by Crippen LogP contribution is -2.48. The van der Waals surface area contributed by atoms with Gasteiger partial charge in [-0.15, -0.1) is 0 Å². The standard InChI is InChI=1S/C31H45N3O5/c1-22-19-34(23(2)21-35)31(37)27-18-26(32(4)5)15-16-28(27)39-24(3)12-10-11-17-38-29(22)20-33(6)30(36)25-13-8-7-9-14-25/h7-9,13-16,18,22-24,29,35H,10-12,17,19-21H2,1-6H3/t22-,23-,24-,29-/m1/s1. The minimum Gasteiger partial charge on any atom is -0.490 e. The van der Waals surface area contributed by atoms with E-state index in [0.717, 1.165) is 24.9 Å². The largest absolute Gasteiger partial charge is 0.490 e. The second kappa shape index (κ2) is 14.3. The average molecular weight is 540 g/mol. The Morgan fingerprint density at radius 1 is 1.10 bits per heavy atom. The van der Waals surface area contributed by atoms with Crippen LogP contribution in [-0.4, -0.2) is 92.4 Å². The highest BCUT2D eigenvalue weighted by atomic mass is 16.5. The molecule has 0 aliphatic carbocycles. The highest BCUT2D eigenvalue weighted by Crippen LogP contribution is 2.29. The number of fused-ring (bicyclic) bond motifs is 1. The molecule has 1 aliphatic rings. The van der Waals surface area contributed by atoms with Gasteiger partial charge in [0.2, 0.25) is 0 Å². The second-order valence-electron chi connectivity index (χ2n) is 10.9. The first-order chi connectivity index (χ1) is 18.6. The topological polar surface area (TPSA) is 82.6 Å². The molecule has 0 fully saturated rings. The Balaban J connectivity index is 1.93. The number of nitrogens with zero attached hydrogens (tertiary/aromatic N) is 3. The van der Waals surface area contributed by atoms with E-state index in [1.54, 1.807) is 16.8 Å². The Bertz CT molecular complexity index is 1080. The summed E-state index contributed by atoms with van der Waals surface area (Å²) in [7, 11) is 5.66. The van der Waals surface area contributed by atoms with Gasteiger partial charge < -0.3 is 29.3 Å². The SMILES string of the molecule is C[C@@H]1CCCCO[C@H](CN(C)C(=O)c2ccccc2)[C@H](C)CN([C@H](C)CO)C(=O)c2cc(N(C)C)ccc2O1. The molecule has 0 bridgehead atoms. The van der Waals surface area contributed by atoms with Crippen molar-refractivity contribution >= 4 is 17.5 Å². The Morgan fingerprint density at radius 3 is 2.49 bits per heavy atom. The van der Waals surface area contributed by atoms with Crippen molar-refractivity contribution in [2.75, 3.05) is 52.3 Å². The van der Waals surface area contributed by atoms with E-state index < -0.39 is 6.04 Å². The molecule has 0 radical (unpaired) electrons. The molecule has 39 heavy (non-hydrogen) atoms. The Hall–Kier alpha value is -3.10. The highest BCUT2D eigenvalue weighted by molar-refractivity contribution is 5.98. The molecule has 0 saturated carbocycles. The zero-order chi connectivity index (χ0) is 28.5. The van der Waals surface area contributed by atoms with Gasteiger partial charge in [0.05, 0.1) is 30.4 Å². The van der Waals surface area contributed by atoms with Crippen molar-refractivity contribution in [1.82, 2.24) is 9.80 Å². The third-order valence-electron chi connectivity index (χ3n) is 7.37.